The number of pyridine rings is 1. The summed E-state index contributed by atoms with van der Waals surface area (Å²) < 4.78 is 55.9. The molecule has 0 radical (unpaired) electrons. The van der Waals surface area contributed by atoms with Gasteiger partial charge in [-0.3, -0.25) is 4.98 Å². The minimum absolute atomic E-state index is 0.213. The Kier molecular flexibility index (Phi) is 7.62. The van der Waals surface area contributed by atoms with E-state index in [9.17, 15) is 18.0 Å². The lowest BCUT2D eigenvalue weighted by molar-refractivity contribution is -0.158. The van der Waals surface area contributed by atoms with E-state index in [4.69, 9.17) is 14.2 Å². The summed E-state index contributed by atoms with van der Waals surface area (Å²) in [6.07, 6.45) is -4.38. The minimum atomic E-state index is -4.38. The predicted octanol–water partition coefficient (Wildman–Crippen LogP) is 7.53. The van der Waals surface area contributed by atoms with Crippen molar-refractivity contribution >= 4 is 16.7 Å². The van der Waals surface area contributed by atoms with E-state index in [1.807, 2.05) is 43.3 Å². The van der Waals surface area contributed by atoms with Crippen molar-refractivity contribution < 1.29 is 32.2 Å². The van der Waals surface area contributed by atoms with Crippen LogP contribution in [0.25, 0.3) is 22.0 Å². The van der Waals surface area contributed by atoms with Crippen LogP contribution in [0.4, 0.5) is 13.2 Å². The summed E-state index contributed by atoms with van der Waals surface area (Å²) in [5.41, 5.74) is 0.779. The zero-order chi connectivity index (χ0) is 27.5. The summed E-state index contributed by atoms with van der Waals surface area (Å²) in [6.45, 7) is 7.33. The summed E-state index contributed by atoms with van der Waals surface area (Å²) in [5, 5.41) is 1.71. The molecular formula is C30H28F3NO4. The van der Waals surface area contributed by atoms with E-state index in [2.05, 4.69) is 4.98 Å². The first-order chi connectivity index (χ1) is 18.0. The van der Waals surface area contributed by atoms with Crippen LogP contribution in [0.15, 0.2) is 72.8 Å². The Balaban J connectivity index is 1.54. The van der Waals surface area contributed by atoms with Crippen LogP contribution in [-0.2, 0) is 22.3 Å². The average Bonchev–Trinajstić information content (AvgIpc) is 2.87. The number of nitrogens with zero attached hydrogens (tertiary/aromatic N) is 1. The number of esters is 1. The average molecular weight is 524 g/mol. The van der Waals surface area contributed by atoms with Crippen LogP contribution in [0.1, 0.15) is 37.6 Å². The molecule has 0 saturated heterocycles. The number of alkyl halides is 3. The molecule has 4 rings (SSSR count). The maximum atomic E-state index is 12.9. The van der Waals surface area contributed by atoms with Gasteiger partial charge in [-0.2, -0.15) is 13.2 Å². The Morgan fingerprint density at radius 2 is 1.66 bits per heavy atom. The molecule has 1 aromatic heterocycles. The highest BCUT2D eigenvalue weighted by molar-refractivity contribution is 5.90. The normalized spacial score (nSPS) is 11.9. The van der Waals surface area contributed by atoms with Crippen LogP contribution in [0.2, 0.25) is 0 Å². The van der Waals surface area contributed by atoms with Crippen molar-refractivity contribution in [2.75, 3.05) is 6.61 Å². The van der Waals surface area contributed by atoms with Gasteiger partial charge in [0, 0.05) is 28.3 Å². The van der Waals surface area contributed by atoms with Gasteiger partial charge in [-0.1, -0.05) is 42.5 Å². The first kappa shape index (κ1) is 27.0. The second kappa shape index (κ2) is 10.7. The van der Waals surface area contributed by atoms with Crippen LogP contribution in [-0.4, -0.2) is 23.2 Å². The molecule has 0 aliphatic heterocycles. The highest BCUT2D eigenvalue weighted by Crippen LogP contribution is 2.35. The van der Waals surface area contributed by atoms with Gasteiger partial charge in [-0.05, 0) is 57.3 Å². The molecule has 0 atom stereocenters. The number of halogens is 3. The quantitative estimate of drug-likeness (QED) is 0.224. The van der Waals surface area contributed by atoms with Crippen LogP contribution in [0, 0.1) is 6.92 Å². The predicted molar refractivity (Wildman–Crippen MR) is 139 cm³/mol. The van der Waals surface area contributed by atoms with E-state index in [0.717, 1.165) is 28.5 Å². The lowest BCUT2D eigenvalue weighted by Gasteiger charge is -2.25. The van der Waals surface area contributed by atoms with E-state index in [1.54, 1.807) is 32.9 Å². The molecule has 1 heterocycles. The fourth-order valence-corrected chi connectivity index (χ4v) is 3.93. The molecule has 198 valence electrons. The molecule has 0 spiro atoms. The third kappa shape index (κ3) is 6.07. The van der Waals surface area contributed by atoms with Crippen molar-refractivity contribution in [1.29, 1.82) is 0 Å². The number of rotatable bonds is 8. The molecule has 0 N–H and O–H groups in total. The monoisotopic (exact) mass is 523 g/mol. The third-order valence-corrected chi connectivity index (χ3v) is 6.03. The molecule has 0 bridgehead atoms. The largest absolute Gasteiger partial charge is 0.489 e. The number of fused-ring (bicyclic) bond motifs is 1. The number of carbonyl (C=O) groups excluding carboxylic acids is 1. The lowest BCUT2D eigenvalue weighted by Crippen LogP contribution is -2.39. The topological polar surface area (TPSA) is 57.7 Å². The summed E-state index contributed by atoms with van der Waals surface area (Å²) in [5.74, 6) is 0.568. The standard InChI is InChI=1S/C30H28F3NO4/c1-5-36-28(35)29(3,4)38-27-17-24(16-21-8-6-7-9-25(21)27)37-18-22-12-15-26(34-19(22)2)20-10-13-23(14-11-20)30(31,32)33/h6-17H,5,18H2,1-4H3. The number of hydrogen-bond acceptors (Lipinski definition) is 5. The Morgan fingerprint density at radius 1 is 0.947 bits per heavy atom. The minimum Gasteiger partial charge on any atom is -0.489 e. The summed E-state index contributed by atoms with van der Waals surface area (Å²) >= 11 is 0. The Bertz CT molecular complexity index is 1450. The van der Waals surface area contributed by atoms with Crippen LogP contribution in [0.3, 0.4) is 0 Å². The molecule has 5 nitrogen and oxygen atoms in total. The summed E-state index contributed by atoms with van der Waals surface area (Å²) in [4.78, 5) is 17.0. The van der Waals surface area contributed by atoms with E-state index < -0.39 is 23.3 Å². The molecule has 0 fully saturated rings. The number of aryl methyl sites for hydroxylation is 1. The van der Waals surface area contributed by atoms with Crippen molar-refractivity contribution in [3.8, 4) is 22.8 Å². The van der Waals surface area contributed by atoms with Crippen LogP contribution < -0.4 is 9.47 Å². The third-order valence-electron chi connectivity index (χ3n) is 6.03. The molecule has 0 aliphatic rings. The second-order valence-corrected chi connectivity index (χ2v) is 9.28. The first-order valence-corrected chi connectivity index (χ1v) is 12.1. The number of ether oxygens (including phenoxy) is 3. The highest BCUT2D eigenvalue weighted by atomic mass is 19.4. The van der Waals surface area contributed by atoms with E-state index in [-0.39, 0.29) is 13.2 Å². The fourth-order valence-electron chi connectivity index (χ4n) is 3.93. The van der Waals surface area contributed by atoms with Crippen LogP contribution in [0.5, 0.6) is 11.5 Å². The molecule has 0 unspecified atom stereocenters. The fraction of sp³-hybridized carbons (Fsp3) is 0.267. The van der Waals surface area contributed by atoms with Crippen LogP contribution >= 0.6 is 0 Å². The van der Waals surface area contributed by atoms with Gasteiger partial charge in [0.2, 0.25) is 0 Å². The highest BCUT2D eigenvalue weighted by Gasteiger charge is 2.32. The molecule has 0 amide bonds. The number of carbonyl (C=O) groups is 1. The Labute approximate surface area is 219 Å². The van der Waals surface area contributed by atoms with E-state index in [0.29, 0.717) is 28.5 Å². The zero-order valence-corrected chi connectivity index (χ0v) is 21.6. The molecule has 0 saturated carbocycles. The lowest BCUT2D eigenvalue weighted by atomic mass is 10.1. The molecular weight excluding hydrogens is 495 g/mol. The van der Waals surface area contributed by atoms with E-state index in [1.165, 1.54) is 12.1 Å². The number of benzene rings is 3. The van der Waals surface area contributed by atoms with Crippen molar-refractivity contribution in [2.24, 2.45) is 0 Å². The molecule has 8 heteroatoms. The van der Waals surface area contributed by atoms with Crippen molar-refractivity contribution in [3.05, 3.63) is 89.6 Å². The molecule has 0 aliphatic carbocycles. The summed E-state index contributed by atoms with van der Waals surface area (Å²) in [6, 6.07) is 19.8. The zero-order valence-electron chi connectivity index (χ0n) is 21.6. The molecule has 38 heavy (non-hydrogen) atoms. The molecule has 3 aromatic carbocycles. The maximum absolute atomic E-state index is 12.9. The van der Waals surface area contributed by atoms with Gasteiger partial charge in [0.15, 0.2) is 5.60 Å². The van der Waals surface area contributed by atoms with Gasteiger partial charge in [0.05, 0.1) is 17.9 Å². The maximum Gasteiger partial charge on any atom is 0.416 e. The smallest absolute Gasteiger partial charge is 0.416 e. The number of aromatic nitrogens is 1. The van der Waals surface area contributed by atoms with Gasteiger partial charge in [0.1, 0.15) is 18.1 Å². The first-order valence-electron chi connectivity index (χ1n) is 12.1. The van der Waals surface area contributed by atoms with Crippen molar-refractivity contribution in [2.45, 2.75) is 46.1 Å². The SMILES string of the molecule is CCOC(=O)C(C)(C)Oc1cc(OCc2ccc(-c3ccc(C(F)(F)F)cc3)nc2C)cc2ccccc12. The Hall–Kier alpha value is -4.07. The molecule has 4 aromatic rings. The van der Waals surface area contributed by atoms with Gasteiger partial charge in [0.25, 0.3) is 0 Å². The van der Waals surface area contributed by atoms with Gasteiger partial charge in [-0.15, -0.1) is 0 Å². The van der Waals surface area contributed by atoms with Crippen molar-refractivity contribution in [3.63, 3.8) is 0 Å². The van der Waals surface area contributed by atoms with Gasteiger partial charge >= 0.3 is 12.1 Å². The van der Waals surface area contributed by atoms with Crippen molar-refractivity contribution in [1.82, 2.24) is 4.98 Å². The Morgan fingerprint density at radius 3 is 2.32 bits per heavy atom. The van der Waals surface area contributed by atoms with Gasteiger partial charge in [-0.25, -0.2) is 4.79 Å². The second-order valence-electron chi connectivity index (χ2n) is 9.28. The number of hydrogen-bond donors (Lipinski definition) is 0. The van der Waals surface area contributed by atoms with E-state index >= 15 is 0 Å². The summed E-state index contributed by atoms with van der Waals surface area (Å²) in [7, 11) is 0. The van der Waals surface area contributed by atoms with Gasteiger partial charge < -0.3 is 14.2 Å².